The average molecular weight is 295 g/mol. The number of likely N-dealkylation sites (tertiary alicyclic amines) is 1. The Balaban J connectivity index is 2.17. The molecule has 0 bridgehead atoms. The molecule has 0 spiro atoms. The summed E-state index contributed by atoms with van der Waals surface area (Å²) in [6.45, 7) is 4.96. The molecule has 0 aromatic carbocycles. The highest BCUT2D eigenvalue weighted by atomic mass is 32.1. The number of hydrogen-bond acceptors (Lipinski definition) is 3. The Hall–Kier alpha value is -1.36. The van der Waals surface area contributed by atoms with Crippen molar-refractivity contribution in [1.82, 2.24) is 4.90 Å². The molecular formula is C15H21NO3S. The van der Waals surface area contributed by atoms with Crippen LogP contribution in [-0.4, -0.2) is 35.0 Å². The van der Waals surface area contributed by atoms with Crippen molar-refractivity contribution in [2.75, 3.05) is 13.1 Å². The fourth-order valence-corrected chi connectivity index (χ4v) is 3.68. The second-order valence-electron chi connectivity index (χ2n) is 5.61. The smallest absolute Gasteiger partial charge is 0.311 e. The lowest BCUT2D eigenvalue weighted by Crippen LogP contribution is -2.49. The van der Waals surface area contributed by atoms with E-state index in [-0.39, 0.29) is 5.91 Å². The van der Waals surface area contributed by atoms with Crippen LogP contribution in [0, 0.1) is 12.3 Å². The lowest BCUT2D eigenvalue weighted by molar-refractivity contribution is -0.152. The van der Waals surface area contributed by atoms with Crippen LogP contribution in [0.25, 0.3) is 0 Å². The van der Waals surface area contributed by atoms with Crippen molar-refractivity contribution in [2.45, 2.75) is 39.5 Å². The van der Waals surface area contributed by atoms with Crippen LogP contribution in [0.15, 0.2) is 11.4 Å². The number of carbonyl (C=O) groups excluding carboxylic acids is 1. The molecule has 5 heteroatoms. The second kappa shape index (κ2) is 5.95. The molecular weight excluding hydrogens is 274 g/mol. The predicted molar refractivity (Wildman–Crippen MR) is 79.2 cm³/mol. The first-order valence-corrected chi connectivity index (χ1v) is 7.94. The predicted octanol–water partition coefficient (Wildman–Crippen LogP) is 3.16. The topological polar surface area (TPSA) is 57.6 Å². The highest BCUT2D eigenvalue weighted by Crippen LogP contribution is 2.35. The van der Waals surface area contributed by atoms with Gasteiger partial charge in [-0.3, -0.25) is 9.59 Å². The third kappa shape index (κ3) is 2.87. The summed E-state index contributed by atoms with van der Waals surface area (Å²) in [7, 11) is 0. The number of nitrogens with zero attached hydrogens (tertiary/aromatic N) is 1. The normalized spacial score (nSPS) is 22.8. The molecule has 2 heterocycles. The van der Waals surface area contributed by atoms with E-state index in [4.69, 9.17) is 0 Å². The average Bonchev–Trinajstić information content (AvgIpc) is 2.85. The molecule has 1 N–H and O–H groups in total. The summed E-state index contributed by atoms with van der Waals surface area (Å²) in [5, 5.41) is 11.4. The first-order chi connectivity index (χ1) is 9.48. The monoisotopic (exact) mass is 295 g/mol. The first-order valence-electron chi connectivity index (χ1n) is 7.06. The van der Waals surface area contributed by atoms with Crippen molar-refractivity contribution in [1.29, 1.82) is 0 Å². The number of amides is 1. The molecule has 4 nitrogen and oxygen atoms in total. The van der Waals surface area contributed by atoms with E-state index >= 15 is 0 Å². The van der Waals surface area contributed by atoms with Crippen LogP contribution in [0.5, 0.6) is 0 Å². The molecule has 1 aliphatic heterocycles. The van der Waals surface area contributed by atoms with Gasteiger partial charge in [0.2, 0.25) is 0 Å². The van der Waals surface area contributed by atoms with Gasteiger partial charge in [0.15, 0.2) is 0 Å². The van der Waals surface area contributed by atoms with Gasteiger partial charge in [-0.25, -0.2) is 0 Å². The van der Waals surface area contributed by atoms with Crippen molar-refractivity contribution in [2.24, 2.45) is 5.41 Å². The summed E-state index contributed by atoms with van der Waals surface area (Å²) in [5.41, 5.74) is -0.0709. The summed E-state index contributed by atoms with van der Waals surface area (Å²) in [6, 6.07) is 1.88. The van der Waals surface area contributed by atoms with Crippen molar-refractivity contribution in [3.8, 4) is 0 Å². The maximum absolute atomic E-state index is 12.5. The molecule has 1 aliphatic rings. The Kier molecular flexibility index (Phi) is 4.48. The molecule has 20 heavy (non-hydrogen) atoms. The number of piperidine rings is 1. The van der Waals surface area contributed by atoms with Crippen LogP contribution in [0.4, 0.5) is 0 Å². The molecule has 0 radical (unpaired) electrons. The van der Waals surface area contributed by atoms with Crippen molar-refractivity contribution in [3.63, 3.8) is 0 Å². The van der Waals surface area contributed by atoms with Crippen LogP contribution in [0.2, 0.25) is 0 Å². The molecule has 1 amide bonds. The molecule has 110 valence electrons. The Morgan fingerprint density at radius 2 is 2.25 bits per heavy atom. The molecule has 1 saturated heterocycles. The number of hydrogen-bond donors (Lipinski definition) is 1. The third-order valence-corrected chi connectivity index (χ3v) is 4.89. The van der Waals surface area contributed by atoms with E-state index < -0.39 is 11.4 Å². The summed E-state index contributed by atoms with van der Waals surface area (Å²) < 4.78 is 0. The second-order valence-corrected chi connectivity index (χ2v) is 6.73. The largest absolute Gasteiger partial charge is 0.481 e. The fourth-order valence-electron chi connectivity index (χ4n) is 3.01. The van der Waals surface area contributed by atoms with Crippen LogP contribution in [0.3, 0.4) is 0 Å². The van der Waals surface area contributed by atoms with Gasteiger partial charge in [0, 0.05) is 23.3 Å². The molecule has 1 fully saturated rings. The highest BCUT2D eigenvalue weighted by molar-refractivity contribution is 7.10. The van der Waals surface area contributed by atoms with Crippen molar-refractivity contribution >= 4 is 23.2 Å². The third-order valence-electron chi connectivity index (χ3n) is 4.02. The maximum atomic E-state index is 12.5. The van der Waals surface area contributed by atoms with E-state index in [1.54, 1.807) is 16.2 Å². The Bertz CT molecular complexity index is 507. The zero-order valence-corrected chi connectivity index (χ0v) is 12.8. The minimum Gasteiger partial charge on any atom is -0.481 e. The number of thiophene rings is 1. The van der Waals surface area contributed by atoms with Crippen molar-refractivity contribution < 1.29 is 14.7 Å². The highest BCUT2D eigenvalue weighted by Gasteiger charge is 2.42. The van der Waals surface area contributed by atoms with E-state index in [0.717, 1.165) is 17.7 Å². The van der Waals surface area contributed by atoms with Gasteiger partial charge in [0.1, 0.15) is 0 Å². The molecule has 1 aromatic heterocycles. The first kappa shape index (κ1) is 15.0. The minimum absolute atomic E-state index is 0.0317. The van der Waals surface area contributed by atoms with Gasteiger partial charge in [-0.1, -0.05) is 13.3 Å². The SMILES string of the molecule is CCCC1(C(=O)O)CCCN(C(=O)c2csc(C)c2)C1. The molecule has 2 rings (SSSR count). The fraction of sp³-hybridized carbons (Fsp3) is 0.600. The number of carbonyl (C=O) groups is 2. The minimum atomic E-state index is -0.765. The standard InChI is InChI=1S/C15H21NO3S/c1-3-5-15(14(18)19)6-4-7-16(10-15)13(17)12-8-11(2)20-9-12/h8-9H,3-7,10H2,1-2H3,(H,18,19). The van der Waals surface area contributed by atoms with Crippen molar-refractivity contribution in [3.05, 3.63) is 21.9 Å². The van der Waals surface area contributed by atoms with Gasteiger partial charge in [0.25, 0.3) is 5.91 Å². The molecule has 0 saturated carbocycles. The van der Waals surface area contributed by atoms with E-state index in [2.05, 4.69) is 0 Å². The number of carboxylic acid groups (broad SMARTS) is 1. The number of carboxylic acids is 1. The summed E-state index contributed by atoms with van der Waals surface area (Å²) in [6.07, 6.45) is 2.89. The van der Waals surface area contributed by atoms with Crippen LogP contribution < -0.4 is 0 Å². The molecule has 1 atom stereocenters. The Morgan fingerprint density at radius 1 is 1.50 bits per heavy atom. The summed E-state index contributed by atoms with van der Waals surface area (Å²) >= 11 is 1.55. The van der Waals surface area contributed by atoms with Crippen LogP contribution >= 0.6 is 11.3 Å². The lowest BCUT2D eigenvalue weighted by atomic mass is 9.76. The summed E-state index contributed by atoms with van der Waals surface area (Å²) in [5.74, 6) is -0.797. The maximum Gasteiger partial charge on any atom is 0.311 e. The van der Waals surface area contributed by atoms with E-state index in [1.165, 1.54) is 0 Å². The number of rotatable bonds is 4. The molecule has 1 aromatic rings. The van der Waals surface area contributed by atoms with Gasteiger partial charge in [-0.2, -0.15) is 0 Å². The van der Waals surface area contributed by atoms with Gasteiger partial charge in [-0.15, -0.1) is 11.3 Å². The zero-order valence-electron chi connectivity index (χ0n) is 12.0. The number of aliphatic carboxylic acids is 1. The Morgan fingerprint density at radius 3 is 2.80 bits per heavy atom. The van der Waals surface area contributed by atoms with Crippen LogP contribution in [0.1, 0.15) is 47.8 Å². The van der Waals surface area contributed by atoms with E-state index in [9.17, 15) is 14.7 Å². The van der Waals surface area contributed by atoms with Gasteiger partial charge >= 0.3 is 5.97 Å². The summed E-state index contributed by atoms with van der Waals surface area (Å²) in [4.78, 5) is 26.9. The molecule has 0 aliphatic carbocycles. The molecule has 1 unspecified atom stereocenters. The lowest BCUT2D eigenvalue weighted by Gasteiger charge is -2.39. The van der Waals surface area contributed by atoms with Crippen LogP contribution in [-0.2, 0) is 4.79 Å². The van der Waals surface area contributed by atoms with E-state index in [1.807, 2.05) is 25.3 Å². The van der Waals surface area contributed by atoms with Gasteiger partial charge in [0.05, 0.1) is 11.0 Å². The van der Waals surface area contributed by atoms with Gasteiger partial charge < -0.3 is 10.0 Å². The zero-order chi connectivity index (χ0) is 14.8. The quantitative estimate of drug-likeness (QED) is 0.928. The van der Waals surface area contributed by atoms with E-state index in [0.29, 0.717) is 31.5 Å². The number of aryl methyl sites for hydroxylation is 1. The van der Waals surface area contributed by atoms with Gasteiger partial charge in [-0.05, 0) is 32.3 Å². The Labute approximate surface area is 123 Å².